The lowest BCUT2D eigenvalue weighted by Crippen LogP contribution is -2.27. The number of halogens is 1. The van der Waals surface area contributed by atoms with Crippen molar-refractivity contribution < 1.29 is 18.7 Å². The predicted molar refractivity (Wildman–Crippen MR) is 79.3 cm³/mol. The fourth-order valence-electron chi connectivity index (χ4n) is 2.21. The molecule has 0 spiro atoms. The summed E-state index contributed by atoms with van der Waals surface area (Å²) in [6.07, 6.45) is -0.0921. The van der Waals surface area contributed by atoms with Gasteiger partial charge in [0.05, 0.1) is 12.1 Å². The fourth-order valence-corrected chi connectivity index (χ4v) is 2.21. The minimum atomic E-state index is -0.427. The monoisotopic (exact) mass is 300 g/mol. The van der Waals surface area contributed by atoms with Gasteiger partial charge in [0.2, 0.25) is 5.91 Å². The SMILES string of the molecule is O=C(Cc1ccccc1F)Nc1cccc2c1NC(=O)CO2. The van der Waals surface area contributed by atoms with Crippen molar-refractivity contribution in [2.75, 3.05) is 17.2 Å². The third-order valence-electron chi connectivity index (χ3n) is 3.23. The van der Waals surface area contributed by atoms with E-state index in [-0.39, 0.29) is 24.8 Å². The molecule has 1 aliphatic heterocycles. The van der Waals surface area contributed by atoms with E-state index in [1.54, 1.807) is 36.4 Å². The average molecular weight is 300 g/mol. The zero-order valence-electron chi connectivity index (χ0n) is 11.6. The summed E-state index contributed by atoms with van der Waals surface area (Å²) >= 11 is 0. The van der Waals surface area contributed by atoms with Crippen molar-refractivity contribution in [2.24, 2.45) is 0 Å². The number of ether oxygens (including phenoxy) is 1. The molecule has 2 aromatic rings. The third-order valence-corrected chi connectivity index (χ3v) is 3.23. The number of anilines is 2. The van der Waals surface area contributed by atoms with Crippen molar-refractivity contribution in [1.29, 1.82) is 0 Å². The van der Waals surface area contributed by atoms with Crippen molar-refractivity contribution in [1.82, 2.24) is 0 Å². The molecule has 2 N–H and O–H groups in total. The topological polar surface area (TPSA) is 67.4 Å². The number of hydrogen-bond acceptors (Lipinski definition) is 3. The van der Waals surface area contributed by atoms with Crippen LogP contribution in [0.1, 0.15) is 5.56 Å². The Bertz CT molecular complexity index is 746. The summed E-state index contributed by atoms with van der Waals surface area (Å²) in [5.41, 5.74) is 1.15. The van der Waals surface area contributed by atoms with Crippen LogP contribution in [0.15, 0.2) is 42.5 Å². The number of nitrogens with one attached hydrogen (secondary N) is 2. The summed E-state index contributed by atoms with van der Waals surface area (Å²) in [5.74, 6) is -0.603. The van der Waals surface area contributed by atoms with Crippen LogP contribution in [0.4, 0.5) is 15.8 Å². The van der Waals surface area contributed by atoms with Gasteiger partial charge in [0.1, 0.15) is 17.3 Å². The Hall–Kier alpha value is -2.89. The Morgan fingerprint density at radius 3 is 2.86 bits per heavy atom. The first-order chi connectivity index (χ1) is 10.6. The average Bonchev–Trinajstić information content (AvgIpc) is 2.50. The van der Waals surface area contributed by atoms with Gasteiger partial charge in [-0.15, -0.1) is 0 Å². The first-order valence-electron chi connectivity index (χ1n) is 6.72. The molecule has 1 aliphatic rings. The van der Waals surface area contributed by atoms with Crippen molar-refractivity contribution in [2.45, 2.75) is 6.42 Å². The standard InChI is InChI=1S/C16H13FN2O3/c17-11-5-2-1-4-10(11)8-14(20)18-12-6-3-7-13-16(12)19-15(21)9-22-13/h1-7H,8-9H2,(H,18,20)(H,19,21). The highest BCUT2D eigenvalue weighted by Gasteiger charge is 2.20. The first-order valence-corrected chi connectivity index (χ1v) is 6.72. The number of para-hydroxylation sites is 1. The van der Waals surface area contributed by atoms with Crippen LogP contribution in [0, 0.1) is 5.82 Å². The summed E-state index contributed by atoms with van der Waals surface area (Å²) in [6.45, 7) is -0.0559. The van der Waals surface area contributed by atoms with Crippen LogP contribution < -0.4 is 15.4 Å². The van der Waals surface area contributed by atoms with Gasteiger partial charge >= 0.3 is 0 Å². The highest BCUT2D eigenvalue weighted by molar-refractivity contribution is 6.03. The number of amides is 2. The number of carbonyl (C=O) groups is 2. The van der Waals surface area contributed by atoms with Gasteiger partial charge in [-0.2, -0.15) is 0 Å². The fraction of sp³-hybridized carbons (Fsp3) is 0.125. The van der Waals surface area contributed by atoms with E-state index in [1.165, 1.54) is 6.07 Å². The minimum Gasteiger partial charge on any atom is -0.481 e. The molecule has 0 radical (unpaired) electrons. The van der Waals surface area contributed by atoms with E-state index in [2.05, 4.69) is 10.6 Å². The molecule has 0 aromatic heterocycles. The molecule has 0 saturated heterocycles. The van der Waals surface area contributed by atoms with E-state index in [0.717, 1.165) is 0 Å². The zero-order chi connectivity index (χ0) is 15.5. The quantitative estimate of drug-likeness (QED) is 0.914. The second-order valence-corrected chi connectivity index (χ2v) is 4.83. The van der Waals surface area contributed by atoms with Crippen molar-refractivity contribution in [3.63, 3.8) is 0 Å². The Balaban J connectivity index is 1.78. The molecule has 5 nitrogen and oxygen atoms in total. The second-order valence-electron chi connectivity index (χ2n) is 4.83. The van der Waals surface area contributed by atoms with Crippen LogP contribution in [0.3, 0.4) is 0 Å². The highest BCUT2D eigenvalue weighted by Crippen LogP contribution is 2.34. The molecule has 0 bridgehead atoms. The van der Waals surface area contributed by atoms with E-state index >= 15 is 0 Å². The Kier molecular flexibility index (Phi) is 3.74. The van der Waals surface area contributed by atoms with E-state index in [1.807, 2.05) is 0 Å². The largest absolute Gasteiger partial charge is 0.481 e. The maximum Gasteiger partial charge on any atom is 0.262 e. The normalized spacial score (nSPS) is 12.9. The van der Waals surface area contributed by atoms with Crippen molar-refractivity contribution >= 4 is 23.2 Å². The molecule has 2 amide bonds. The lowest BCUT2D eigenvalue weighted by Gasteiger charge is -2.20. The Labute approximate surface area is 126 Å². The van der Waals surface area contributed by atoms with Crippen LogP contribution in [0.2, 0.25) is 0 Å². The molecule has 112 valence electrons. The molecule has 0 aliphatic carbocycles. The molecule has 6 heteroatoms. The minimum absolute atomic E-state index is 0.0559. The Morgan fingerprint density at radius 1 is 1.23 bits per heavy atom. The molecular weight excluding hydrogens is 287 g/mol. The molecule has 2 aromatic carbocycles. The van der Waals surface area contributed by atoms with Gasteiger partial charge in [0.15, 0.2) is 6.61 Å². The Morgan fingerprint density at radius 2 is 2.05 bits per heavy atom. The number of hydrogen-bond donors (Lipinski definition) is 2. The van der Waals surface area contributed by atoms with Crippen LogP contribution in [-0.4, -0.2) is 18.4 Å². The van der Waals surface area contributed by atoms with E-state index < -0.39 is 5.82 Å². The third kappa shape index (κ3) is 2.90. The van der Waals surface area contributed by atoms with Gasteiger partial charge < -0.3 is 15.4 Å². The summed E-state index contributed by atoms with van der Waals surface area (Å²) < 4.78 is 18.8. The molecule has 0 unspecified atom stereocenters. The van der Waals surface area contributed by atoms with Gasteiger partial charge in [-0.1, -0.05) is 24.3 Å². The number of benzene rings is 2. The smallest absolute Gasteiger partial charge is 0.262 e. The van der Waals surface area contributed by atoms with Crippen molar-refractivity contribution in [3.05, 3.63) is 53.8 Å². The summed E-state index contributed by atoms with van der Waals surface area (Å²) in [6, 6.07) is 11.1. The van der Waals surface area contributed by atoms with Gasteiger partial charge in [0.25, 0.3) is 5.91 Å². The number of carbonyl (C=O) groups excluding carboxylic acids is 2. The summed E-state index contributed by atoms with van der Waals surface area (Å²) in [4.78, 5) is 23.5. The molecule has 0 atom stereocenters. The van der Waals surface area contributed by atoms with Crippen LogP contribution in [0.25, 0.3) is 0 Å². The van der Waals surface area contributed by atoms with Crippen molar-refractivity contribution in [3.8, 4) is 5.75 Å². The predicted octanol–water partition coefficient (Wildman–Crippen LogP) is 2.34. The van der Waals surface area contributed by atoms with Gasteiger partial charge in [-0.3, -0.25) is 9.59 Å². The molecule has 0 fully saturated rings. The molecule has 0 saturated carbocycles. The summed E-state index contributed by atoms with van der Waals surface area (Å²) in [5, 5.41) is 5.32. The highest BCUT2D eigenvalue weighted by atomic mass is 19.1. The lowest BCUT2D eigenvalue weighted by atomic mass is 10.1. The molecule has 3 rings (SSSR count). The van der Waals surface area contributed by atoms with Gasteiger partial charge in [-0.05, 0) is 23.8 Å². The number of rotatable bonds is 3. The number of fused-ring (bicyclic) bond motifs is 1. The second kappa shape index (κ2) is 5.85. The molecular formula is C16H13FN2O3. The molecule has 22 heavy (non-hydrogen) atoms. The van der Waals surface area contributed by atoms with Crippen LogP contribution in [-0.2, 0) is 16.0 Å². The maximum absolute atomic E-state index is 13.6. The van der Waals surface area contributed by atoms with Gasteiger partial charge in [0, 0.05) is 0 Å². The zero-order valence-corrected chi connectivity index (χ0v) is 11.6. The molecule has 1 heterocycles. The van der Waals surface area contributed by atoms with Crippen LogP contribution >= 0.6 is 0 Å². The summed E-state index contributed by atoms with van der Waals surface area (Å²) in [7, 11) is 0. The first kappa shape index (κ1) is 14.1. The van der Waals surface area contributed by atoms with Gasteiger partial charge in [-0.25, -0.2) is 4.39 Å². The lowest BCUT2D eigenvalue weighted by molar-refractivity contribution is -0.118. The van der Waals surface area contributed by atoms with E-state index in [0.29, 0.717) is 22.7 Å². The van der Waals surface area contributed by atoms with E-state index in [9.17, 15) is 14.0 Å². The maximum atomic E-state index is 13.6. The van der Waals surface area contributed by atoms with Crippen LogP contribution in [0.5, 0.6) is 5.75 Å². The van der Waals surface area contributed by atoms with E-state index in [4.69, 9.17) is 4.74 Å².